The number of benzene rings is 1. The van der Waals surface area contributed by atoms with E-state index in [1.165, 1.54) is 57.4 Å². The van der Waals surface area contributed by atoms with Crippen molar-refractivity contribution in [3.63, 3.8) is 0 Å². The van der Waals surface area contributed by atoms with Gasteiger partial charge in [-0.05, 0) is 24.5 Å². The largest absolute Gasteiger partial charge is 0.370 e. The first-order chi connectivity index (χ1) is 13.7. The molecule has 29 heavy (non-hydrogen) atoms. The Morgan fingerprint density at radius 3 is 1.76 bits per heavy atom. The number of hydrogen-bond donors (Lipinski definition) is 6. The lowest BCUT2D eigenvalue weighted by molar-refractivity contribution is 0.481. The highest BCUT2D eigenvalue weighted by molar-refractivity contribution is 7.85. The van der Waals surface area contributed by atoms with Gasteiger partial charge < -0.3 is 11.5 Å². The molecule has 166 valence electrons. The summed E-state index contributed by atoms with van der Waals surface area (Å²) in [5.41, 5.74) is 10.2. The third-order valence-corrected chi connectivity index (χ3v) is 5.27. The Bertz CT molecular complexity index is 696. The summed E-state index contributed by atoms with van der Waals surface area (Å²) < 4.78 is 31.8. The van der Waals surface area contributed by atoms with Gasteiger partial charge in [0.1, 0.15) is 0 Å². The first-order valence-electron chi connectivity index (χ1n) is 10.2. The van der Waals surface area contributed by atoms with Crippen molar-refractivity contribution in [2.45, 2.75) is 82.4 Å². The van der Waals surface area contributed by atoms with Gasteiger partial charge in [-0.2, -0.15) is 8.42 Å². The molecular weight excluding hydrogens is 390 g/mol. The molecule has 0 saturated heterocycles. The van der Waals surface area contributed by atoms with Gasteiger partial charge in [-0.1, -0.05) is 82.9 Å². The molecule has 8 N–H and O–H groups in total. The standard InChI is InChI=1S/C18H30O3S.C2H7N5/c1-2-3-4-5-6-7-8-9-10-11-14-17-15-12-13-16-18(17)22(19,20)21;3-1(4)7-2(5)6/h12-13,15-16H,2-11,14H2,1H3,(H,19,20,21);(H7,3,4,5,6,7). The number of nitrogens with one attached hydrogen (secondary N) is 3. The lowest BCUT2D eigenvalue weighted by Gasteiger charge is -2.07. The lowest BCUT2D eigenvalue weighted by atomic mass is 10.0. The van der Waals surface area contributed by atoms with E-state index in [0.717, 1.165) is 18.4 Å². The molecule has 0 heterocycles. The van der Waals surface area contributed by atoms with Crippen LogP contribution in [0.15, 0.2) is 29.2 Å². The van der Waals surface area contributed by atoms with Gasteiger partial charge >= 0.3 is 0 Å². The highest BCUT2D eigenvalue weighted by Crippen LogP contribution is 2.18. The highest BCUT2D eigenvalue weighted by atomic mass is 32.2. The van der Waals surface area contributed by atoms with Gasteiger partial charge in [-0.25, -0.2) is 0 Å². The van der Waals surface area contributed by atoms with E-state index in [9.17, 15) is 13.0 Å². The summed E-state index contributed by atoms with van der Waals surface area (Å²) in [6.45, 7) is 2.24. The number of rotatable bonds is 12. The second-order valence-electron chi connectivity index (χ2n) is 6.97. The third kappa shape index (κ3) is 15.5. The van der Waals surface area contributed by atoms with Crippen molar-refractivity contribution in [1.82, 2.24) is 5.32 Å². The molecule has 0 atom stereocenters. The highest BCUT2D eigenvalue weighted by Gasteiger charge is 2.13. The summed E-state index contributed by atoms with van der Waals surface area (Å²) in [4.78, 5) is 0.0610. The number of unbranched alkanes of at least 4 members (excludes halogenated alkanes) is 9. The summed E-state index contributed by atoms with van der Waals surface area (Å²) in [5.74, 6) is -0.625. The molecule has 0 unspecified atom stereocenters. The number of hydrogen-bond acceptors (Lipinski definition) is 4. The van der Waals surface area contributed by atoms with Crippen molar-refractivity contribution in [3.8, 4) is 0 Å². The maximum Gasteiger partial charge on any atom is 0.294 e. The van der Waals surface area contributed by atoms with Gasteiger partial charge in [0.25, 0.3) is 10.1 Å². The van der Waals surface area contributed by atoms with E-state index in [4.69, 9.17) is 22.3 Å². The Morgan fingerprint density at radius 2 is 1.34 bits per heavy atom. The predicted molar refractivity (Wildman–Crippen MR) is 119 cm³/mol. The first-order valence-corrected chi connectivity index (χ1v) is 11.6. The van der Waals surface area contributed by atoms with Gasteiger partial charge in [0, 0.05) is 0 Å². The van der Waals surface area contributed by atoms with Crippen LogP contribution >= 0.6 is 0 Å². The molecule has 0 aliphatic heterocycles. The third-order valence-electron chi connectivity index (χ3n) is 4.32. The van der Waals surface area contributed by atoms with Gasteiger partial charge in [-0.15, -0.1) is 0 Å². The van der Waals surface area contributed by atoms with Crippen LogP contribution in [0.4, 0.5) is 0 Å². The summed E-state index contributed by atoms with van der Waals surface area (Å²) in [5, 5.41) is 15.0. The second kappa shape index (κ2) is 15.8. The summed E-state index contributed by atoms with van der Waals surface area (Å²) in [6.07, 6.45) is 13.3. The van der Waals surface area contributed by atoms with Crippen LogP contribution < -0.4 is 16.8 Å². The second-order valence-corrected chi connectivity index (χ2v) is 8.36. The van der Waals surface area contributed by atoms with Crippen molar-refractivity contribution in [3.05, 3.63) is 29.8 Å². The molecule has 0 aromatic heterocycles. The van der Waals surface area contributed by atoms with Crippen molar-refractivity contribution >= 4 is 22.0 Å². The van der Waals surface area contributed by atoms with Crippen molar-refractivity contribution in [2.24, 2.45) is 11.5 Å². The van der Waals surface area contributed by atoms with E-state index in [1.807, 2.05) is 11.4 Å². The fourth-order valence-corrected chi connectivity index (χ4v) is 3.66. The van der Waals surface area contributed by atoms with Crippen LogP contribution in [0.1, 0.15) is 76.7 Å². The van der Waals surface area contributed by atoms with Crippen LogP contribution in [0.3, 0.4) is 0 Å². The molecule has 0 aliphatic rings. The first kappa shape index (κ1) is 26.9. The zero-order valence-corrected chi connectivity index (χ0v) is 18.2. The van der Waals surface area contributed by atoms with Crippen LogP contribution in [0, 0.1) is 10.8 Å². The van der Waals surface area contributed by atoms with Gasteiger partial charge in [0.05, 0.1) is 4.90 Å². The van der Waals surface area contributed by atoms with Crippen molar-refractivity contribution in [1.29, 1.82) is 10.8 Å². The van der Waals surface area contributed by atoms with E-state index in [1.54, 1.807) is 12.1 Å². The quantitative estimate of drug-likeness (QED) is 0.128. The molecular formula is C20H37N5O3S. The molecule has 9 heteroatoms. The normalized spacial score (nSPS) is 10.7. The molecule has 0 aliphatic carbocycles. The minimum atomic E-state index is -4.10. The van der Waals surface area contributed by atoms with Gasteiger partial charge in [0.2, 0.25) is 0 Å². The number of nitrogens with two attached hydrogens (primary N) is 2. The van der Waals surface area contributed by atoms with Crippen LogP contribution in [0.5, 0.6) is 0 Å². The Hall–Kier alpha value is -2.13. The van der Waals surface area contributed by atoms with Crippen LogP contribution in [0.25, 0.3) is 0 Å². The number of guanidine groups is 2. The van der Waals surface area contributed by atoms with Crippen LogP contribution in [-0.4, -0.2) is 24.9 Å². The molecule has 0 fully saturated rings. The Morgan fingerprint density at radius 1 is 0.897 bits per heavy atom. The average molecular weight is 428 g/mol. The maximum atomic E-state index is 11.3. The average Bonchev–Trinajstić information content (AvgIpc) is 2.62. The topological polar surface area (TPSA) is 166 Å². The van der Waals surface area contributed by atoms with Crippen molar-refractivity contribution in [2.75, 3.05) is 0 Å². The fraction of sp³-hybridized carbons (Fsp3) is 0.600. The summed E-state index contributed by atoms with van der Waals surface area (Å²) in [6, 6.07) is 6.73. The van der Waals surface area contributed by atoms with E-state index < -0.39 is 10.1 Å². The molecule has 0 spiro atoms. The predicted octanol–water partition coefficient (Wildman–Crippen LogP) is 3.76. The molecule has 0 amide bonds. The van der Waals surface area contributed by atoms with Gasteiger partial charge in [0.15, 0.2) is 11.9 Å². The molecule has 1 aromatic carbocycles. The Kier molecular flexibility index (Phi) is 14.6. The number of aryl methyl sites for hydroxylation is 1. The monoisotopic (exact) mass is 427 g/mol. The van der Waals surface area contributed by atoms with Gasteiger partial charge in [-0.3, -0.25) is 20.7 Å². The minimum absolute atomic E-state index is 0.0610. The maximum absolute atomic E-state index is 11.3. The van der Waals surface area contributed by atoms with E-state index in [0.29, 0.717) is 6.42 Å². The SMILES string of the molecule is CCCCCCCCCCCCc1ccccc1S(=O)(=O)O.N=C(N)NC(=N)N. The van der Waals surface area contributed by atoms with E-state index in [-0.39, 0.29) is 16.8 Å². The molecule has 0 saturated carbocycles. The van der Waals surface area contributed by atoms with E-state index >= 15 is 0 Å². The zero-order chi connectivity index (χ0) is 22.1. The molecule has 1 rings (SSSR count). The smallest absolute Gasteiger partial charge is 0.294 e. The molecule has 1 aromatic rings. The molecule has 8 nitrogen and oxygen atoms in total. The summed E-state index contributed by atoms with van der Waals surface area (Å²) in [7, 11) is -4.10. The minimum Gasteiger partial charge on any atom is -0.370 e. The van der Waals surface area contributed by atoms with Crippen LogP contribution in [0.2, 0.25) is 0 Å². The summed E-state index contributed by atoms with van der Waals surface area (Å²) >= 11 is 0. The Balaban J connectivity index is 0.000000956. The van der Waals surface area contributed by atoms with Crippen molar-refractivity contribution < 1.29 is 13.0 Å². The van der Waals surface area contributed by atoms with E-state index in [2.05, 4.69) is 6.92 Å². The zero-order valence-electron chi connectivity index (χ0n) is 17.4. The Labute approximate surface area is 175 Å². The molecule has 0 radical (unpaired) electrons. The molecule has 0 bridgehead atoms. The fourth-order valence-electron chi connectivity index (χ4n) is 2.91. The lowest BCUT2D eigenvalue weighted by Crippen LogP contribution is -2.39. The van der Waals surface area contributed by atoms with Crippen LogP contribution in [-0.2, 0) is 16.5 Å².